The van der Waals surface area contributed by atoms with Crippen LogP contribution in [0.4, 0.5) is 0 Å². The molecule has 0 aromatic rings. The van der Waals surface area contributed by atoms with Gasteiger partial charge in [0.2, 0.25) is 0 Å². The summed E-state index contributed by atoms with van der Waals surface area (Å²) < 4.78 is 10.3. The van der Waals surface area contributed by atoms with Crippen LogP contribution in [0, 0.1) is 0 Å². The van der Waals surface area contributed by atoms with Crippen LogP contribution in [0.1, 0.15) is 19.3 Å². The lowest BCUT2D eigenvalue weighted by Gasteiger charge is -2.30. The maximum atomic E-state index is 11.4. The smallest absolute Gasteiger partial charge is 0.324 e. The zero-order chi connectivity index (χ0) is 12.0. The van der Waals surface area contributed by atoms with Crippen LogP contribution in [0.15, 0.2) is 0 Å². The van der Waals surface area contributed by atoms with Gasteiger partial charge in [-0.1, -0.05) is 0 Å². The molecule has 5 heteroatoms. The number of likely N-dealkylation sites (N-methyl/N-ethyl adjacent to an activating group) is 1. The predicted octanol–water partition coefficient (Wildman–Crippen LogP) is -0.0124. The van der Waals surface area contributed by atoms with Crippen molar-refractivity contribution in [3.8, 4) is 0 Å². The van der Waals surface area contributed by atoms with Gasteiger partial charge in [0.05, 0.1) is 13.2 Å². The minimum atomic E-state index is -0.365. The third-order valence-electron chi connectivity index (χ3n) is 2.99. The van der Waals surface area contributed by atoms with Crippen molar-refractivity contribution in [1.82, 2.24) is 4.90 Å². The molecule has 0 radical (unpaired) electrons. The van der Waals surface area contributed by atoms with Gasteiger partial charge >= 0.3 is 5.97 Å². The first-order chi connectivity index (χ1) is 7.69. The van der Waals surface area contributed by atoms with Crippen molar-refractivity contribution < 1.29 is 14.3 Å². The lowest BCUT2D eigenvalue weighted by Crippen LogP contribution is -2.48. The number of esters is 1. The van der Waals surface area contributed by atoms with Crippen LogP contribution in [-0.4, -0.2) is 56.9 Å². The van der Waals surface area contributed by atoms with Gasteiger partial charge in [-0.3, -0.25) is 9.69 Å². The van der Waals surface area contributed by atoms with Gasteiger partial charge in [0, 0.05) is 19.7 Å². The number of ether oxygens (including phenoxy) is 2. The SMILES string of the molecule is COC(=O)C(CN)N(C)CC1CCCCO1. The second kappa shape index (κ2) is 6.83. The van der Waals surface area contributed by atoms with Gasteiger partial charge in [0.15, 0.2) is 0 Å². The molecule has 0 bridgehead atoms. The number of nitrogens with two attached hydrogens (primary N) is 1. The lowest BCUT2D eigenvalue weighted by molar-refractivity contribution is -0.146. The van der Waals surface area contributed by atoms with E-state index in [1.54, 1.807) is 0 Å². The Bertz CT molecular complexity index is 217. The molecule has 1 aliphatic heterocycles. The summed E-state index contributed by atoms with van der Waals surface area (Å²) in [4.78, 5) is 13.4. The number of carbonyl (C=O) groups is 1. The van der Waals surface area contributed by atoms with E-state index in [1.165, 1.54) is 13.5 Å². The van der Waals surface area contributed by atoms with Crippen molar-refractivity contribution in [2.45, 2.75) is 31.4 Å². The van der Waals surface area contributed by atoms with E-state index in [9.17, 15) is 4.79 Å². The fourth-order valence-electron chi connectivity index (χ4n) is 1.99. The Hall–Kier alpha value is -0.650. The molecule has 1 fully saturated rings. The molecular weight excluding hydrogens is 208 g/mol. The molecule has 1 heterocycles. The molecule has 2 atom stereocenters. The topological polar surface area (TPSA) is 64.8 Å². The van der Waals surface area contributed by atoms with Crippen LogP contribution < -0.4 is 5.73 Å². The van der Waals surface area contributed by atoms with Gasteiger partial charge < -0.3 is 15.2 Å². The highest BCUT2D eigenvalue weighted by molar-refractivity contribution is 5.75. The number of hydrogen-bond donors (Lipinski definition) is 1. The third kappa shape index (κ3) is 3.73. The second-order valence-corrected chi connectivity index (χ2v) is 4.20. The highest BCUT2D eigenvalue weighted by Gasteiger charge is 2.25. The van der Waals surface area contributed by atoms with E-state index in [-0.39, 0.29) is 24.7 Å². The number of nitrogens with zero attached hydrogens (tertiary/aromatic N) is 1. The van der Waals surface area contributed by atoms with E-state index in [0.29, 0.717) is 0 Å². The highest BCUT2D eigenvalue weighted by Crippen LogP contribution is 2.14. The summed E-state index contributed by atoms with van der Waals surface area (Å²) in [6.07, 6.45) is 3.61. The van der Waals surface area contributed by atoms with Crippen LogP contribution in [0.3, 0.4) is 0 Å². The predicted molar refractivity (Wildman–Crippen MR) is 61.1 cm³/mol. The highest BCUT2D eigenvalue weighted by atomic mass is 16.5. The number of carbonyl (C=O) groups excluding carboxylic acids is 1. The summed E-state index contributed by atoms with van der Waals surface area (Å²) >= 11 is 0. The molecular formula is C11H22N2O3. The Morgan fingerprint density at radius 3 is 2.88 bits per heavy atom. The van der Waals surface area contributed by atoms with Crippen molar-refractivity contribution in [1.29, 1.82) is 0 Å². The molecule has 2 N–H and O–H groups in total. The molecule has 0 spiro atoms. The van der Waals surface area contributed by atoms with E-state index >= 15 is 0 Å². The molecule has 2 unspecified atom stereocenters. The molecule has 0 aromatic carbocycles. The zero-order valence-electron chi connectivity index (χ0n) is 10.1. The summed E-state index contributed by atoms with van der Waals surface area (Å²) in [5.41, 5.74) is 5.57. The van der Waals surface area contributed by atoms with E-state index in [0.717, 1.165) is 26.0 Å². The van der Waals surface area contributed by atoms with Gasteiger partial charge in [-0.2, -0.15) is 0 Å². The van der Waals surface area contributed by atoms with E-state index < -0.39 is 0 Å². The van der Waals surface area contributed by atoms with Crippen molar-refractivity contribution in [2.75, 3.05) is 33.9 Å². The quantitative estimate of drug-likeness (QED) is 0.673. The fraction of sp³-hybridized carbons (Fsp3) is 0.909. The van der Waals surface area contributed by atoms with E-state index in [2.05, 4.69) is 0 Å². The maximum Gasteiger partial charge on any atom is 0.324 e. The average molecular weight is 230 g/mol. The average Bonchev–Trinajstić information content (AvgIpc) is 2.31. The van der Waals surface area contributed by atoms with Crippen molar-refractivity contribution in [3.05, 3.63) is 0 Å². The fourth-order valence-corrected chi connectivity index (χ4v) is 1.99. The molecule has 94 valence electrons. The standard InChI is InChI=1S/C11H22N2O3/c1-13(10(7-12)11(14)15-2)8-9-5-3-4-6-16-9/h9-10H,3-8,12H2,1-2H3. The Kier molecular flexibility index (Phi) is 5.73. The first kappa shape index (κ1) is 13.4. The number of rotatable bonds is 5. The Morgan fingerprint density at radius 1 is 1.62 bits per heavy atom. The summed E-state index contributed by atoms with van der Waals surface area (Å²) in [5, 5.41) is 0. The molecule has 1 saturated heterocycles. The first-order valence-corrected chi connectivity index (χ1v) is 5.78. The summed E-state index contributed by atoms with van der Waals surface area (Å²) in [6.45, 7) is 1.83. The number of methoxy groups -OCH3 is 1. The zero-order valence-corrected chi connectivity index (χ0v) is 10.1. The van der Waals surface area contributed by atoms with Crippen LogP contribution in [0.25, 0.3) is 0 Å². The molecule has 0 amide bonds. The van der Waals surface area contributed by atoms with Crippen molar-refractivity contribution in [2.24, 2.45) is 5.73 Å². The van der Waals surface area contributed by atoms with Gasteiger partial charge in [0.1, 0.15) is 6.04 Å². The number of hydrogen-bond acceptors (Lipinski definition) is 5. The third-order valence-corrected chi connectivity index (χ3v) is 2.99. The van der Waals surface area contributed by atoms with Crippen LogP contribution in [0.2, 0.25) is 0 Å². The van der Waals surface area contributed by atoms with E-state index in [1.807, 2.05) is 11.9 Å². The van der Waals surface area contributed by atoms with Crippen molar-refractivity contribution >= 4 is 5.97 Å². The first-order valence-electron chi connectivity index (χ1n) is 5.78. The van der Waals surface area contributed by atoms with Crippen molar-refractivity contribution in [3.63, 3.8) is 0 Å². The normalized spacial score (nSPS) is 23.1. The Labute approximate surface area is 96.9 Å². The molecule has 16 heavy (non-hydrogen) atoms. The molecule has 0 saturated carbocycles. The van der Waals surface area contributed by atoms with Gasteiger partial charge in [-0.15, -0.1) is 0 Å². The Balaban J connectivity index is 2.41. The van der Waals surface area contributed by atoms with Gasteiger partial charge in [-0.25, -0.2) is 0 Å². The molecule has 0 aliphatic carbocycles. The molecule has 1 rings (SSSR count). The summed E-state index contributed by atoms with van der Waals surface area (Å²) in [6, 6.07) is -0.365. The molecule has 5 nitrogen and oxygen atoms in total. The van der Waals surface area contributed by atoms with Gasteiger partial charge in [-0.05, 0) is 26.3 Å². The minimum Gasteiger partial charge on any atom is -0.468 e. The van der Waals surface area contributed by atoms with E-state index in [4.69, 9.17) is 15.2 Å². The Morgan fingerprint density at radius 2 is 2.38 bits per heavy atom. The minimum absolute atomic E-state index is 0.220. The molecule has 0 aromatic heterocycles. The summed E-state index contributed by atoms with van der Waals surface area (Å²) in [5.74, 6) is -0.277. The van der Waals surface area contributed by atoms with Crippen LogP contribution in [-0.2, 0) is 14.3 Å². The van der Waals surface area contributed by atoms with Crippen LogP contribution in [0.5, 0.6) is 0 Å². The largest absolute Gasteiger partial charge is 0.468 e. The summed E-state index contributed by atoms with van der Waals surface area (Å²) in [7, 11) is 3.27. The molecule has 1 aliphatic rings. The second-order valence-electron chi connectivity index (χ2n) is 4.20. The van der Waals surface area contributed by atoms with Gasteiger partial charge in [0.25, 0.3) is 0 Å². The van der Waals surface area contributed by atoms with Crippen LogP contribution >= 0.6 is 0 Å². The maximum absolute atomic E-state index is 11.4. The lowest BCUT2D eigenvalue weighted by atomic mass is 10.1. The monoisotopic (exact) mass is 230 g/mol.